The summed E-state index contributed by atoms with van der Waals surface area (Å²) >= 11 is 0. The SMILES string of the molecule is C=C(C(=O)O)C(C)C.C=C(C)C(=O)OC.C=C(C)C(=O)OCCCCCCCCCCCCCCCCCC. The molecule has 0 aliphatic rings. The molecule has 0 bridgehead atoms. The zero-order chi connectivity index (χ0) is 30.5. The van der Waals surface area contributed by atoms with Gasteiger partial charge in [-0.05, 0) is 26.2 Å². The van der Waals surface area contributed by atoms with E-state index in [9.17, 15) is 14.4 Å². The van der Waals surface area contributed by atoms with E-state index in [-0.39, 0.29) is 23.4 Å². The van der Waals surface area contributed by atoms with Gasteiger partial charge in [-0.15, -0.1) is 0 Å². The molecule has 0 saturated carbocycles. The minimum atomic E-state index is -0.903. The van der Waals surface area contributed by atoms with Crippen LogP contribution in [0.1, 0.15) is 137 Å². The highest BCUT2D eigenvalue weighted by Gasteiger charge is 2.06. The van der Waals surface area contributed by atoms with Crippen LogP contribution in [0.3, 0.4) is 0 Å². The molecule has 0 rings (SSSR count). The second-order valence-corrected chi connectivity index (χ2v) is 10.5. The van der Waals surface area contributed by atoms with Crippen molar-refractivity contribution in [1.82, 2.24) is 0 Å². The van der Waals surface area contributed by atoms with Gasteiger partial charge in [-0.25, -0.2) is 14.4 Å². The molecule has 0 radical (unpaired) electrons. The number of rotatable bonds is 21. The van der Waals surface area contributed by atoms with Gasteiger partial charge < -0.3 is 14.6 Å². The van der Waals surface area contributed by atoms with Gasteiger partial charge in [0, 0.05) is 16.7 Å². The quantitative estimate of drug-likeness (QED) is 0.0866. The highest BCUT2D eigenvalue weighted by molar-refractivity contribution is 5.87. The van der Waals surface area contributed by atoms with Crippen molar-refractivity contribution < 1.29 is 29.0 Å². The average Bonchev–Trinajstić information content (AvgIpc) is 2.89. The van der Waals surface area contributed by atoms with E-state index in [1.807, 2.05) is 0 Å². The molecule has 0 aromatic rings. The first-order valence-corrected chi connectivity index (χ1v) is 14.9. The Morgan fingerprint density at radius 2 is 0.974 bits per heavy atom. The normalized spacial score (nSPS) is 9.92. The van der Waals surface area contributed by atoms with Crippen molar-refractivity contribution in [3.8, 4) is 0 Å². The molecule has 0 aromatic carbocycles. The first kappa shape index (κ1) is 41.1. The number of carbonyl (C=O) groups excluding carboxylic acids is 2. The van der Waals surface area contributed by atoms with Crippen molar-refractivity contribution in [2.75, 3.05) is 13.7 Å². The van der Waals surface area contributed by atoms with Gasteiger partial charge in [0.1, 0.15) is 0 Å². The van der Waals surface area contributed by atoms with Gasteiger partial charge in [0.05, 0.1) is 13.7 Å². The van der Waals surface area contributed by atoms with Gasteiger partial charge in [0.25, 0.3) is 0 Å². The predicted molar refractivity (Wildman–Crippen MR) is 164 cm³/mol. The first-order chi connectivity index (χ1) is 18.4. The van der Waals surface area contributed by atoms with Gasteiger partial charge in [0.2, 0.25) is 0 Å². The number of esters is 2. The number of hydrogen-bond acceptors (Lipinski definition) is 5. The Morgan fingerprint density at radius 1 is 0.641 bits per heavy atom. The number of hydrogen-bond donors (Lipinski definition) is 1. The molecule has 0 amide bonds. The molecule has 228 valence electrons. The Morgan fingerprint density at radius 3 is 1.18 bits per heavy atom. The summed E-state index contributed by atoms with van der Waals surface area (Å²) in [5.41, 5.74) is 1.19. The first-order valence-electron chi connectivity index (χ1n) is 14.9. The van der Waals surface area contributed by atoms with Crippen LogP contribution in [0, 0.1) is 5.92 Å². The van der Waals surface area contributed by atoms with Gasteiger partial charge in [-0.2, -0.15) is 0 Å². The lowest BCUT2D eigenvalue weighted by Gasteiger charge is -2.05. The molecule has 0 heterocycles. The molecule has 0 unspecified atom stereocenters. The number of carbonyl (C=O) groups is 3. The van der Waals surface area contributed by atoms with Crippen LogP contribution >= 0.6 is 0 Å². The zero-order valence-electron chi connectivity index (χ0n) is 26.2. The lowest BCUT2D eigenvalue weighted by molar-refractivity contribution is -0.139. The molecule has 0 atom stereocenters. The average molecular weight is 553 g/mol. The lowest BCUT2D eigenvalue weighted by Crippen LogP contribution is -2.05. The molecule has 0 fully saturated rings. The van der Waals surface area contributed by atoms with Crippen LogP contribution in [-0.4, -0.2) is 36.7 Å². The van der Waals surface area contributed by atoms with E-state index in [0.29, 0.717) is 17.8 Å². The number of carboxylic acid groups (broad SMARTS) is 1. The fourth-order valence-electron chi connectivity index (χ4n) is 3.36. The summed E-state index contributed by atoms with van der Waals surface area (Å²) in [4.78, 5) is 31.4. The van der Waals surface area contributed by atoms with Crippen molar-refractivity contribution in [2.45, 2.75) is 137 Å². The van der Waals surface area contributed by atoms with Crippen molar-refractivity contribution in [3.63, 3.8) is 0 Å². The summed E-state index contributed by atoms with van der Waals surface area (Å²) in [6.07, 6.45) is 21.7. The summed E-state index contributed by atoms with van der Waals surface area (Å²) in [5, 5.41) is 8.25. The molecule has 0 aliphatic carbocycles. The molecule has 0 aliphatic heterocycles. The molecule has 0 saturated heterocycles. The predicted octanol–water partition coefficient (Wildman–Crippen LogP) is 9.39. The summed E-state index contributed by atoms with van der Waals surface area (Å²) in [7, 11) is 1.33. The van der Waals surface area contributed by atoms with Gasteiger partial charge >= 0.3 is 17.9 Å². The standard InChI is InChI=1S/C22H42O2.C6H10O2.C5H8O2/c1-4-5-6-7-8-9-10-11-12-13-14-15-16-17-18-19-20-24-22(23)21(2)3;1-4(2)5(3)6(7)8;1-4(2)5(6)7-3/h2,4-20H2,1,3H3;4H,3H2,1-2H3,(H,7,8);1H2,2-3H3. The summed E-state index contributed by atoms with van der Waals surface area (Å²) in [6.45, 7) is 20.0. The molecule has 0 aromatic heterocycles. The summed E-state index contributed by atoms with van der Waals surface area (Å²) in [5.74, 6) is -1.46. The van der Waals surface area contributed by atoms with Crippen molar-refractivity contribution >= 4 is 17.9 Å². The van der Waals surface area contributed by atoms with Crippen molar-refractivity contribution in [3.05, 3.63) is 36.5 Å². The van der Waals surface area contributed by atoms with E-state index in [1.54, 1.807) is 27.7 Å². The monoisotopic (exact) mass is 552 g/mol. The van der Waals surface area contributed by atoms with Crippen LogP contribution < -0.4 is 0 Å². The van der Waals surface area contributed by atoms with Crippen LogP contribution in [0.15, 0.2) is 36.5 Å². The van der Waals surface area contributed by atoms with E-state index in [1.165, 1.54) is 103 Å². The Hall–Kier alpha value is -2.37. The van der Waals surface area contributed by atoms with E-state index in [4.69, 9.17) is 9.84 Å². The summed E-state index contributed by atoms with van der Waals surface area (Å²) < 4.78 is 9.36. The number of carboxylic acids is 1. The second-order valence-electron chi connectivity index (χ2n) is 10.5. The van der Waals surface area contributed by atoms with Crippen LogP contribution in [0.25, 0.3) is 0 Å². The fraction of sp³-hybridized carbons (Fsp3) is 0.727. The van der Waals surface area contributed by atoms with Crippen molar-refractivity contribution in [2.24, 2.45) is 5.92 Å². The summed E-state index contributed by atoms with van der Waals surface area (Å²) in [6, 6.07) is 0. The maximum absolute atomic E-state index is 11.2. The smallest absolute Gasteiger partial charge is 0.333 e. The topological polar surface area (TPSA) is 89.9 Å². The highest BCUT2D eigenvalue weighted by Crippen LogP contribution is 2.13. The molecule has 1 N–H and O–H groups in total. The van der Waals surface area contributed by atoms with E-state index in [0.717, 1.165) is 6.42 Å². The second kappa shape index (κ2) is 30.2. The molecule has 6 heteroatoms. The van der Waals surface area contributed by atoms with E-state index in [2.05, 4.69) is 31.4 Å². The maximum Gasteiger partial charge on any atom is 0.333 e. The molecular weight excluding hydrogens is 492 g/mol. The molecular formula is C33H60O6. The van der Waals surface area contributed by atoms with Crippen LogP contribution in [0.5, 0.6) is 0 Å². The Kier molecular flexibility index (Phi) is 31.8. The van der Waals surface area contributed by atoms with Crippen LogP contribution in [-0.2, 0) is 23.9 Å². The van der Waals surface area contributed by atoms with Crippen molar-refractivity contribution in [1.29, 1.82) is 0 Å². The van der Waals surface area contributed by atoms with Crippen LogP contribution in [0.4, 0.5) is 0 Å². The fourth-order valence-corrected chi connectivity index (χ4v) is 3.36. The molecule has 6 nitrogen and oxygen atoms in total. The molecule has 0 spiro atoms. The Labute approximate surface area is 240 Å². The Balaban J connectivity index is -0.000000701. The highest BCUT2D eigenvalue weighted by atomic mass is 16.5. The van der Waals surface area contributed by atoms with E-state index >= 15 is 0 Å². The maximum atomic E-state index is 11.2. The van der Waals surface area contributed by atoms with Crippen LogP contribution in [0.2, 0.25) is 0 Å². The number of aliphatic carboxylic acids is 1. The van der Waals surface area contributed by atoms with Gasteiger partial charge in [-0.1, -0.05) is 137 Å². The molecule has 39 heavy (non-hydrogen) atoms. The number of ether oxygens (including phenoxy) is 2. The Bertz CT molecular complexity index is 678. The minimum Gasteiger partial charge on any atom is -0.478 e. The number of methoxy groups -OCH3 is 1. The van der Waals surface area contributed by atoms with Gasteiger partial charge in [0.15, 0.2) is 0 Å². The minimum absolute atomic E-state index is 0.0486. The third kappa shape index (κ3) is 33.6. The zero-order valence-corrected chi connectivity index (χ0v) is 26.2. The number of unbranched alkanes of at least 4 members (excludes halogenated alkanes) is 15. The third-order valence-electron chi connectivity index (χ3n) is 6.08. The van der Waals surface area contributed by atoms with Gasteiger partial charge in [-0.3, -0.25) is 0 Å². The van der Waals surface area contributed by atoms with E-state index < -0.39 is 5.97 Å². The third-order valence-corrected chi connectivity index (χ3v) is 6.08. The lowest BCUT2D eigenvalue weighted by atomic mass is 10.0. The largest absolute Gasteiger partial charge is 0.478 e.